The zero-order chi connectivity index (χ0) is 63.4. The molecule has 0 atom stereocenters. The minimum Gasteiger partial charge on any atom is -0.325 e. The van der Waals surface area contributed by atoms with Crippen molar-refractivity contribution in [1.29, 1.82) is 0 Å². The van der Waals surface area contributed by atoms with Crippen LogP contribution < -0.4 is 10.2 Å². The Morgan fingerprint density at radius 2 is 0.537 bits per heavy atom. The standard InChI is InChI=1S/C44H29N3.C34H21Br.C10H9N3/c1-3-13-32-27-34(21-19-30(32)11-1)43-37-15-5-6-16-38(37)44(35-22-20-31-12-2-4-14-33(31)28-35)40-29-36(23-24-39(40)43)47(41-17-7-9-25-45-41)42-18-8-10-26-46-42;35-28-17-18-31-32(21-28)34(27-16-14-23-8-2-4-10-25(23)20-27)30-12-6-5-11-29(30)33(31)26-15-13-22-7-1-3-9-24(22)19-26;1-3-7-11-9(5-1)13-10-6-2-4-8-12-10/h1-29H;1-21H;1-8H,(H,11,12,13). The van der Waals surface area contributed by atoms with E-state index < -0.39 is 0 Å². The molecular formula is C88H59BrN6. The second-order valence-electron chi connectivity index (χ2n) is 23.5. The maximum absolute atomic E-state index is 4.76. The van der Waals surface area contributed by atoms with Gasteiger partial charge in [0.15, 0.2) is 0 Å². The van der Waals surface area contributed by atoms with Crippen molar-refractivity contribution in [2.24, 2.45) is 0 Å². The maximum atomic E-state index is 4.76. The molecule has 0 radical (unpaired) electrons. The maximum Gasteiger partial charge on any atom is 0.138 e. The molecule has 0 unspecified atom stereocenters. The average Bonchev–Trinajstić information content (AvgIpc) is 0.737. The largest absolute Gasteiger partial charge is 0.325 e. The summed E-state index contributed by atoms with van der Waals surface area (Å²) in [5, 5.41) is 23.0. The molecule has 95 heavy (non-hydrogen) atoms. The van der Waals surface area contributed by atoms with Gasteiger partial charge in [-0.2, -0.15) is 0 Å². The lowest BCUT2D eigenvalue weighted by atomic mass is 9.85. The summed E-state index contributed by atoms with van der Waals surface area (Å²) in [6.07, 6.45) is 7.15. The van der Waals surface area contributed by atoms with Crippen molar-refractivity contribution in [2.45, 2.75) is 0 Å². The minimum atomic E-state index is 0.807. The first-order valence-corrected chi connectivity index (χ1v) is 32.6. The van der Waals surface area contributed by atoms with Crippen molar-refractivity contribution < 1.29 is 0 Å². The van der Waals surface area contributed by atoms with Crippen LogP contribution in [0.5, 0.6) is 0 Å². The fraction of sp³-hybridized carbons (Fsp3) is 0. The summed E-state index contributed by atoms with van der Waals surface area (Å²) in [5.74, 6) is 3.24. The van der Waals surface area contributed by atoms with Crippen LogP contribution >= 0.6 is 15.9 Å². The molecule has 4 heterocycles. The van der Waals surface area contributed by atoms with Crippen LogP contribution in [0.3, 0.4) is 0 Å². The lowest BCUT2D eigenvalue weighted by Gasteiger charge is -2.25. The van der Waals surface area contributed by atoms with Gasteiger partial charge >= 0.3 is 0 Å². The number of halogens is 1. The predicted molar refractivity (Wildman–Crippen MR) is 404 cm³/mol. The van der Waals surface area contributed by atoms with Crippen LogP contribution in [0.1, 0.15) is 0 Å². The van der Waals surface area contributed by atoms with Crippen LogP contribution in [0.2, 0.25) is 0 Å². The van der Waals surface area contributed by atoms with Crippen molar-refractivity contribution in [3.63, 3.8) is 0 Å². The van der Waals surface area contributed by atoms with Gasteiger partial charge in [-0.15, -0.1) is 0 Å². The van der Waals surface area contributed by atoms with Gasteiger partial charge in [-0.05, 0) is 228 Å². The summed E-state index contributed by atoms with van der Waals surface area (Å²) in [7, 11) is 0. The highest BCUT2D eigenvalue weighted by molar-refractivity contribution is 9.10. The number of rotatable bonds is 9. The van der Waals surface area contributed by atoms with Gasteiger partial charge < -0.3 is 5.32 Å². The van der Waals surface area contributed by atoms with E-state index in [1.165, 1.54) is 131 Å². The van der Waals surface area contributed by atoms with E-state index in [-0.39, 0.29) is 0 Å². The van der Waals surface area contributed by atoms with Gasteiger partial charge in [0, 0.05) is 34.9 Å². The number of fused-ring (bicyclic) bond motifs is 8. The summed E-state index contributed by atoms with van der Waals surface area (Å²) >= 11 is 3.76. The van der Waals surface area contributed by atoms with Crippen LogP contribution in [-0.2, 0) is 0 Å². The number of pyridine rings is 4. The SMILES string of the molecule is Brc1ccc2c(-c3ccc4ccccc4c3)c3ccccc3c(-c3ccc4ccccc4c3)c2c1.c1ccc(N(c2ccc3c(-c4ccc5ccccc5c4)c4ccccc4c(-c4ccc5ccccc5c4)c3c2)c2ccccn2)nc1.c1ccc(Nc2ccccn2)nc1. The highest BCUT2D eigenvalue weighted by Crippen LogP contribution is 2.48. The Labute approximate surface area is 558 Å². The topological polar surface area (TPSA) is 66.8 Å². The monoisotopic (exact) mass is 1280 g/mol. The van der Waals surface area contributed by atoms with Gasteiger partial charge in [0.05, 0.1) is 0 Å². The molecule has 1 N–H and O–H groups in total. The Balaban J connectivity index is 0.000000129. The Morgan fingerprint density at radius 1 is 0.232 bits per heavy atom. The summed E-state index contributed by atoms with van der Waals surface area (Å²) in [6.45, 7) is 0. The molecule has 0 fully saturated rings. The molecule has 0 saturated heterocycles. The van der Waals surface area contributed by atoms with E-state index in [0.717, 1.165) is 33.4 Å². The second kappa shape index (κ2) is 25.8. The molecule has 0 spiro atoms. The second-order valence-corrected chi connectivity index (χ2v) is 24.4. The van der Waals surface area contributed by atoms with Gasteiger partial charge in [0.2, 0.25) is 0 Å². The van der Waals surface area contributed by atoms with Gasteiger partial charge in [0.1, 0.15) is 23.3 Å². The van der Waals surface area contributed by atoms with Crippen LogP contribution in [0.25, 0.3) is 131 Å². The van der Waals surface area contributed by atoms with E-state index in [1.54, 1.807) is 12.4 Å². The van der Waals surface area contributed by atoms with E-state index in [0.29, 0.717) is 0 Å². The lowest BCUT2D eigenvalue weighted by Crippen LogP contribution is -2.12. The van der Waals surface area contributed by atoms with E-state index in [4.69, 9.17) is 9.97 Å². The van der Waals surface area contributed by atoms with Crippen LogP contribution in [-0.4, -0.2) is 19.9 Å². The Hall–Kier alpha value is -12.2. The first kappa shape index (κ1) is 58.0. The summed E-state index contributed by atoms with van der Waals surface area (Å²) in [6, 6.07) is 116. The highest BCUT2D eigenvalue weighted by Gasteiger charge is 2.22. The van der Waals surface area contributed by atoms with Gasteiger partial charge in [-0.25, -0.2) is 19.9 Å². The number of nitrogens with zero attached hydrogens (tertiary/aromatic N) is 5. The van der Waals surface area contributed by atoms with Crippen molar-refractivity contribution >= 4 is 131 Å². The molecular weight excluding hydrogens is 1220 g/mol. The highest BCUT2D eigenvalue weighted by atomic mass is 79.9. The quantitative estimate of drug-likeness (QED) is 0.145. The Kier molecular flexibility index (Phi) is 15.8. The molecule has 6 nitrogen and oxygen atoms in total. The first-order valence-electron chi connectivity index (χ1n) is 31.8. The molecule has 14 aromatic carbocycles. The number of hydrogen-bond donors (Lipinski definition) is 1. The van der Waals surface area contributed by atoms with Gasteiger partial charge in [-0.3, -0.25) is 4.90 Å². The van der Waals surface area contributed by atoms with Gasteiger partial charge in [-0.1, -0.05) is 246 Å². The van der Waals surface area contributed by atoms with Crippen molar-refractivity contribution in [3.05, 3.63) is 357 Å². The Bertz CT molecular complexity index is 5770. The minimum absolute atomic E-state index is 0.807. The number of nitrogens with one attached hydrogen (secondary N) is 1. The molecule has 0 aliphatic heterocycles. The Morgan fingerprint density at radius 3 is 0.895 bits per heavy atom. The summed E-state index contributed by atoms with van der Waals surface area (Å²) in [5.41, 5.74) is 10.9. The molecule has 448 valence electrons. The molecule has 0 saturated carbocycles. The summed E-state index contributed by atoms with van der Waals surface area (Å²) in [4.78, 5) is 19.9. The number of benzene rings is 14. The third kappa shape index (κ3) is 11.6. The van der Waals surface area contributed by atoms with Crippen LogP contribution in [0, 0.1) is 0 Å². The van der Waals surface area contributed by atoms with Crippen molar-refractivity contribution in [2.75, 3.05) is 10.2 Å². The normalized spacial score (nSPS) is 11.2. The molecule has 7 heteroatoms. The first-order chi connectivity index (χ1) is 47.0. The number of hydrogen-bond acceptors (Lipinski definition) is 6. The predicted octanol–water partition coefficient (Wildman–Crippen LogP) is 24.5. The third-order valence-electron chi connectivity index (χ3n) is 17.7. The summed E-state index contributed by atoms with van der Waals surface area (Å²) < 4.78 is 1.09. The molecule has 18 rings (SSSR count). The van der Waals surface area contributed by atoms with Crippen LogP contribution in [0.15, 0.2) is 357 Å². The third-order valence-corrected chi connectivity index (χ3v) is 18.2. The van der Waals surface area contributed by atoms with E-state index >= 15 is 0 Å². The van der Waals surface area contributed by atoms with E-state index in [9.17, 15) is 0 Å². The van der Waals surface area contributed by atoms with Gasteiger partial charge in [0.25, 0.3) is 0 Å². The smallest absolute Gasteiger partial charge is 0.138 e. The average molecular weight is 1280 g/mol. The zero-order valence-corrected chi connectivity index (χ0v) is 53.2. The van der Waals surface area contributed by atoms with E-state index in [1.807, 2.05) is 85.2 Å². The molecule has 0 aliphatic carbocycles. The molecule has 18 aromatic rings. The fourth-order valence-electron chi connectivity index (χ4n) is 13.4. The number of aromatic nitrogens is 4. The zero-order valence-electron chi connectivity index (χ0n) is 51.6. The number of anilines is 5. The van der Waals surface area contributed by atoms with Crippen molar-refractivity contribution in [1.82, 2.24) is 19.9 Å². The molecule has 0 amide bonds. The molecule has 4 aromatic heterocycles. The fourth-order valence-corrected chi connectivity index (χ4v) is 13.8. The lowest BCUT2D eigenvalue weighted by molar-refractivity contribution is 1.13. The molecule has 0 bridgehead atoms. The van der Waals surface area contributed by atoms with Crippen LogP contribution in [0.4, 0.5) is 29.0 Å². The van der Waals surface area contributed by atoms with E-state index in [2.05, 4.69) is 291 Å². The molecule has 0 aliphatic rings. The van der Waals surface area contributed by atoms with Crippen molar-refractivity contribution in [3.8, 4) is 44.5 Å².